The number of hydrogen-bond acceptors (Lipinski definition) is 2. The highest BCUT2D eigenvalue weighted by Gasteiger charge is 2.16. The molecule has 0 saturated heterocycles. The molecule has 0 aromatic heterocycles. The highest BCUT2D eigenvalue weighted by molar-refractivity contribution is 6.31. The first-order chi connectivity index (χ1) is 6.57. The van der Waals surface area contributed by atoms with E-state index < -0.39 is 0 Å². The number of halogens is 1. The van der Waals surface area contributed by atoms with E-state index in [2.05, 4.69) is 11.8 Å². The van der Waals surface area contributed by atoms with Crippen LogP contribution in [0.15, 0.2) is 18.2 Å². The third-order valence-corrected chi connectivity index (χ3v) is 2.75. The van der Waals surface area contributed by atoms with Crippen LogP contribution in [0.25, 0.3) is 0 Å². The Morgan fingerprint density at radius 1 is 1.36 bits per heavy atom. The van der Waals surface area contributed by atoms with Crippen LogP contribution in [0.4, 0.5) is 0 Å². The monoisotopic (exact) mass is 213 g/mol. The first-order valence-electron chi connectivity index (χ1n) is 4.56. The Morgan fingerprint density at radius 2 is 2.00 bits per heavy atom. The topological polar surface area (TPSA) is 12.5 Å². The molecule has 0 aliphatic heterocycles. The number of rotatable bonds is 3. The van der Waals surface area contributed by atoms with Crippen LogP contribution in [0.3, 0.4) is 0 Å². The van der Waals surface area contributed by atoms with Gasteiger partial charge in [0.25, 0.3) is 0 Å². The largest absolute Gasteiger partial charge is 0.496 e. The maximum absolute atomic E-state index is 6.14. The quantitative estimate of drug-likeness (QED) is 0.766. The summed E-state index contributed by atoms with van der Waals surface area (Å²) < 4.78 is 5.29. The maximum Gasteiger partial charge on any atom is 0.125 e. The molecule has 0 spiro atoms. The fourth-order valence-corrected chi connectivity index (χ4v) is 1.68. The van der Waals surface area contributed by atoms with Crippen LogP contribution in [-0.2, 0) is 0 Å². The predicted octanol–water partition coefficient (Wildman–Crippen LogP) is 2.97. The molecular formula is C11H16ClNO. The van der Waals surface area contributed by atoms with Crippen LogP contribution in [0, 0.1) is 0 Å². The normalized spacial score (nSPS) is 13.0. The van der Waals surface area contributed by atoms with Gasteiger partial charge in [0.15, 0.2) is 0 Å². The van der Waals surface area contributed by atoms with Crippen LogP contribution in [-0.4, -0.2) is 26.1 Å². The fourth-order valence-electron chi connectivity index (χ4n) is 1.36. The summed E-state index contributed by atoms with van der Waals surface area (Å²) >= 11 is 6.14. The van der Waals surface area contributed by atoms with E-state index in [-0.39, 0.29) is 6.04 Å². The summed E-state index contributed by atoms with van der Waals surface area (Å²) in [6.07, 6.45) is 0. The Labute approximate surface area is 90.4 Å². The lowest BCUT2D eigenvalue weighted by Crippen LogP contribution is -2.17. The molecule has 1 aromatic rings. The Hall–Kier alpha value is -0.730. The van der Waals surface area contributed by atoms with E-state index in [4.69, 9.17) is 16.3 Å². The number of nitrogens with zero attached hydrogens (tertiary/aromatic N) is 1. The first-order valence-corrected chi connectivity index (χ1v) is 4.94. The smallest absolute Gasteiger partial charge is 0.125 e. The Kier molecular flexibility index (Phi) is 3.78. The zero-order valence-electron chi connectivity index (χ0n) is 9.04. The molecule has 0 radical (unpaired) electrons. The van der Waals surface area contributed by atoms with Gasteiger partial charge in [-0.3, -0.25) is 0 Å². The fraction of sp³-hybridized carbons (Fsp3) is 0.455. The van der Waals surface area contributed by atoms with Gasteiger partial charge >= 0.3 is 0 Å². The number of benzene rings is 1. The van der Waals surface area contributed by atoms with Crippen molar-refractivity contribution in [2.24, 2.45) is 0 Å². The van der Waals surface area contributed by atoms with Crippen molar-refractivity contribution >= 4 is 11.6 Å². The summed E-state index contributed by atoms with van der Waals surface area (Å²) in [7, 11) is 5.71. The van der Waals surface area contributed by atoms with Gasteiger partial charge in [0.1, 0.15) is 5.75 Å². The summed E-state index contributed by atoms with van der Waals surface area (Å²) in [6, 6.07) is 5.96. The molecule has 0 amide bonds. The molecule has 1 unspecified atom stereocenters. The second-order valence-electron chi connectivity index (χ2n) is 3.50. The minimum absolute atomic E-state index is 0.249. The molecule has 78 valence electrons. The molecule has 0 N–H and O–H groups in total. The molecule has 0 saturated carbocycles. The van der Waals surface area contributed by atoms with Crippen LogP contribution >= 0.6 is 11.6 Å². The standard InChI is InChI=1S/C11H16ClNO/c1-8(13(2)3)11-9(12)6-5-7-10(11)14-4/h5-8H,1-4H3. The van der Waals surface area contributed by atoms with Gasteiger partial charge in [0.2, 0.25) is 0 Å². The van der Waals surface area contributed by atoms with Gasteiger partial charge in [0, 0.05) is 16.6 Å². The number of ether oxygens (including phenoxy) is 1. The Balaban J connectivity index is 3.16. The van der Waals surface area contributed by atoms with E-state index in [0.717, 1.165) is 16.3 Å². The molecular weight excluding hydrogens is 198 g/mol. The summed E-state index contributed by atoms with van der Waals surface area (Å²) in [6.45, 7) is 2.10. The Bertz CT molecular complexity index is 312. The van der Waals surface area contributed by atoms with E-state index >= 15 is 0 Å². The average Bonchev–Trinajstić information content (AvgIpc) is 2.16. The van der Waals surface area contributed by atoms with Crippen LogP contribution in [0.2, 0.25) is 5.02 Å². The highest BCUT2D eigenvalue weighted by atomic mass is 35.5. The van der Waals surface area contributed by atoms with Crippen molar-refractivity contribution in [3.63, 3.8) is 0 Å². The van der Waals surface area contributed by atoms with Gasteiger partial charge in [-0.15, -0.1) is 0 Å². The van der Waals surface area contributed by atoms with E-state index in [1.54, 1.807) is 7.11 Å². The van der Waals surface area contributed by atoms with E-state index in [0.29, 0.717) is 0 Å². The van der Waals surface area contributed by atoms with Gasteiger partial charge in [-0.25, -0.2) is 0 Å². The van der Waals surface area contributed by atoms with Crippen molar-refractivity contribution in [3.05, 3.63) is 28.8 Å². The lowest BCUT2D eigenvalue weighted by molar-refractivity contribution is 0.308. The van der Waals surface area contributed by atoms with Crippen molar-refractivity contribution in [2.45, 2.75) is 13.0 Å². The van der Waals surface area contributed by atoms with Crippen molar-refractivity contribution < 1.29 is 4.74 Å². The van der Waals surface area contributed by atoms with Gasteiger partial charge < -0.3 is 9.64 Å². The minimum Gasteiger partial charge on any atom is -0.496 e. The molecule has 0 bridgehead atoms. The van der Waals surface area contributed by atoms with Gasteiger partial charge in [-0.1, -0.05) is 17.7 Å². The number of hydrogen-bond donors (Lipinski definition) is 0. The van der Waals surface area contributed by atoms with E-state index in [9.17, 15) is 0 Å². The first kappa shape index (κ1) is 11.3. The molecule has 0 aliphatic rings. The summed E-state index contributed by atoms with van der Waals surface area (Å²) in [4.78, 5) is 2.10. The van der Waals surface area contributed by atoms with Crippen LogP contribution in [0.1, 0.15) is 18.5 Å². The van der Waals surface area contributed by atoms with Gasteiger partial charge in [-0.05, 0) is 33.2 Å². The van der Waals surface area contributed by atoms with Gasteiger partial charge in [0.05, 0.1) is 7.11 Å². The average molecular weight is 214 g/mol. The van der Waals surface area contributed by atoms with E-state index in [1.807, 2.05) is 32.3 Å². The molecule has 3 heteroatoms. The third-order valence-electron chi connectivity index (χ3n) is 2.43. The summed E-state index contributed by atoms with van der Waals surface area (Å²) in [5, 5.41) is 0.755. The van der Waals surface area contributed by atoms with Gasteiger partial charge in [-0.2, -0.15) is 0 Å². The molecule has 1 aromatic carbocycles. The minimum atomic E-state index is 0.249. The molecule has 1 rings (SSSR count). The van der Waals surface area contributed by atoms with Crippen LogP contribution < -0.4 is 4.74 Å². The van der Waals surface area contributed by atoms with Crippen molar-refractivity contribution in [2.75, 3.05) is 21.2 Å². The van der Waals surface area contributed by atoms with Crippen molar-refractivity contribution in [3.8, 4) is 5.75 Å². The van der Waals surface area contributed by atoms with Crippen molar-refractivity contribution in [1.29, 1.82) is 0 Å². The Morgan fingerprint density at radius 3 is 2.50 bits per heavy atom. The maximum atomic E-state index is 6.14. The molecule has 1 atom stereocenters. The number of methoxy groups -OCH3 is 1. The SMILES string of the molecule is COc1cccc(Cl)c1C(C)N(C)C. The predicted molar refractivity (Wildman–Crippen MR) is 60.1 cm³/mol. The molecule has 0 aliphatic carbocycles. The molecule has 2 nitrogen and oxygen atoms in total. The summed E-state index contributed by atoms with van der Waals surface area (Å²) in [5.41, 5.74) is 1.04. The molecule has 0 heterocycles. The van der Waals surface area contributed by atoms with Crippen molar-refractivity contribution in [1.82, 2.24) is 4.90 Å². The second kappa shape index (κ2) is 4.67. The highest BCUT2D eigenvalue weighted by Crippen LogP contribution is 2.33. The lowest BCUT2D eigenvalue weighted by atomic mass is 10.1. The molecule has 14 heavy (non-hydrogen) atoms. The second-order valence-corrected chi connectivity index (χ2v) is 3.90. The van der Waals surface area contributed by atoms with E-state index in [1.165, 1.54) is 0 Å². The lowest BCUT2D eigenvalue weighted by Gasteiger charge is -2.23. The third kappa shape index (κ3) is 2.20. The zero-order chi connectivity index (χ0) is 10.7. The zero-order valence-corrected chi connectivity index (χ0v) is 9.80. The molecule has 0 fully saturated rings. The summed E-state index contributed by atoms with van der Waals surface area (Å²) in [5.74, 6) is 0.846. The van der Waals surface area contributed by atoms with Crippen LogP contribution in [0.5, 0.6) is 5.75 Å².